The van der Waals surface area contributed by atoms with E-state index in [-0.39, 0.29) is 11.2 Å². The molecule has 0 saturated heterocycles. The van der Waals surface area contributed by atoms with Gasteiger partial charge in [-0.3, -0.25) is 9.15 Å². The number of hydrogen-bond acceptors (Lipinski definition) is 4. The molecule has 0 saturated carbocycles. The third kappa shape index (κ3) is 10.5. The maximum Gasteiger partial charge on any atom is 0.399 e. The molecule has 0 aliphatic rings. The smallest absolute Gasteiger partial charge is 0.252 e. The Labute approximate surface area is 120 Å². The minimum Gasteiger partial charge on any atom is -0.252 e. The van der Waals surface area contributed by atoms with Crippen LogP contribution in [-0.2, 0) is 18.9 Å². The van der Waals surface area contributed by atoms with Gasteiger partial charge in [0.15, 0.2) is 0 Å². The zero-order chi connectivity index (χ0) is 15.1. The summed E-state index contributed by atoms with van der Waals surface area (Å²) in [5.41, 5.74) is -0.267. The van der Waals surface area contributed by atoms with Crippen LogP contribution in [0.25, 0.3) is 0 Å². The van der Waals surface area contributed by atoms with Crippen LogP contribution < -0.4 is 0 Å². The quantitative estimate of drug-likeness (QED) is 0.380. The molecule has 0 fully saturated rings. The van der Waals surface area contributed by atoms with Crippen molar-refractivity contribution in [3.63, 3.8) is 0 Å². The predicted octanol–water partition coefficient (Wildman–Crippen LogP) is 4.28. The van der Waals surface area contributed by atoms with Crippen LogP contribution in [0.5, 0.6) is 0 Å². The Morgan fingerprint density at radius 1 is 0.842 bits per heavy atom. The molecule has 0 aliphatic heterocycles. The second-order valence-corrected chi connectivity index (χ2v) is 8.97. The Kier molecular flexibility index (Phi) is 8.39. The molecule has 0 aromatic heterocycles. The molecule has 0 aliphatic carbocycles. The summed E-state index contributed by atoms with van der Waals surface area (Å²) in [5, 5.41) is 0. The number of hydrogen-bond donors (Lipinski definition) is 0. The maximum atomic E-state index is 5.60. The van der Waals surface area contributed by atoms with Crippen molar-refractivity contribution in [3.05, 3.63) is 0 Å². The van der Waals surface area contributed by atoms with Gasteiger partial charge in [-0.05, 0) is 48.0 Å². The van der Waals surface area contributed by atoms with Crippen molar-refractivity contribution < 1.29 is 18.9 Å². The van der Waals surface area contributed by atoms with E-state index in [2.05, 4.69) is 13.8 Å². The normalized spacial score (nSPS) is 15.0. The SMILES string of the molecule is CCCC(CC)[SiH](OOC(C)(C)C)OOC(C)(C)C. The molecule has 19 heavy (non-hydrogen) atoms. The van der Waals surface area contributed by atoms with Crippen LogP contribution in [0.4, 0.5) is 0 Å². The zero-order valence-corrected chi connectivity index (χ0v) is 15.1. The first kappa shape index (κ1) is 19.1. The van der Waals surface area contributed by atoms with Crippen LogP contribution in [0.3, 0.4) is 0 Å². The van der Waals surface area contributed by atoms with Crippen LogP contribution in [0.15, 0.2) is 0 Å². The van der Waals surface area contributed by atoms with Gasteiger partial charge in [-0.1, -0.05) is 26.7 Å². The van der Waals surface area contributed by atoms with E-state index in [1.165, 1.54) is 0 Å². The van der Waals surface area contributed by atoms with Gasteiger partial charge in [-0.25, -0.2) is 9.78 Å². The fourth-order valence-electron chi connectivity index (χ4n) is 1.46. The summed E-state index contributed by atoms with van der Waals surface area (Å²) in [6, 6.07) is 0. The highest BCUT2D eigenvalue weighted by Crippen LogP contribution is 2.26. The maximum absolute atomic E-state index is 5.60. The van der Waals surface area contributed by atoms with E-state index < -0.39 is 9.28 Å². The van der Waals surface area contributed by atoms with Crippen molar-refractivity contribution in [2.75, 3.05) is 0 Å². The molecular formula is C14H32O4Si. The monoisotopic (exact) mass is 292 g/mol. The van der Waals surface area contributed by atoms with Crippen LogP contribution >= 0.6 is 0 Å². The van der Waals surface area contributed by atoms with E-state index in [4.69, 9.17) is 18.9 Å². The predicted molar refractivity (Wildman–Crippen MR) is 79.9 cm³/mol. The average Bonchev–Trinajstić information content (AvgIpc) is 2.24. The molecule has 0 aromatic carbocycles. The van der Waals surface area contributed by atoms with Gasteiger partial charge in [0.2, 0.25) is 0 Å². The minimum absolute atomic E-state index is 0.332. The summed E-state index contributed by atoms with van der Waals surface area (Å²) >= 11 is 0. The topological polar surface area (TPSA) is 36.9 Å². The van der Waals surface area contributed by atoms with E-state index in [1.54, 1.807) is 0 Å². The largest absolute Gasteiger partial charge is 0.399 e. The first-order chi connectivity index (χ1) is 8.59. The second kappa shape index (κ2) is 8.37. The number of rotatable bonds is 8. The highest BCUT2D eigenvalue weighted by atomic mass is 28.3. The van der Waals surface area contributed by atoms with Crippen molar-refractivity contribution in [2.45, 2.75) is 91.4 Å². The van der Waals surface area contributed by atoms with Crippen LogP contribution in [-0.4, -0.2) is 20.5 Å². The molecule has 0 aromatic rings. The van der Waals surface area contributed by atoms with Crippen LogP contribution in [0.2, 0.25) is 5.54 Å². The highest BCUT2D eigenvalue weighted by Gasteiger charge is 2.31. The van der Waals surface area contributed by atoms with Gasteiger partial charge in [-0.2, -0.15) is 0 Å². The molecule has 0 rings (SSSR count). The summed E-state index contributed by atoms with van der Waals surface area (Å²) in [5.74, 6) is 0. The summed E-state index contributed by atoms with van der Waals surface area (Å²) in [6.45, 7) is 16.1. The molecule has 5 heteroatoms. The van der Waals surface area contributed by atoms with Gasteiger partial charge >= 0.3 is 9.28 Å². The Hall–Kier alpha value is 0.0569. The molecule has 0 spiro atoms. The standard InChI is InChI=1S/C14H32O4Si/c1-9-11-12(10-2)19(17-15-13(3,4)5)18-16-14(6,7)8/h12,19H,9-11H2,1-8H3. The van der Waals surface area contributed by atoms with Gasteiger partial charge in [-0.15, -0.1) is 0 Å². The molecule has 1 unspecified atom stereocenters. The van der Waals surface area contributed by atoms with Crippen molar-refractivity contribution >= 4 is 9.28 Å². The Morgan fingerprint density at radius 2 is 1.26 bits per heavy atom. The molecule has 0 N–H and O–H groups in total. The average molecular weight is 292 g/mol. The van der Waals surface area contributed by atoms with E-state index in [1.807, 2.05) is 41.5 Å². The van der Waals surface area contributed by atoms with Crippen molar-refractivity contribution in [1.82, 2.24) is 0 Å². The van der Waals surface area contributed by atoms with Crippen molar-refractivity contribution in [3.8, 4) is 0 Å². The lowest BCUT2D eigenvalue weighted by molar-refractivity contribution is -0.341. The summed E-state index contributed by atoms with van der Waals surface area (Å²) in [6.07, 6.45) is 3.21. The third-order valence-corrected chi connectivity index (χ3v) is 4.50. The van der Waals surface area contributed by atoms with E-state index >= 15 is 0 Å². The lowest BCUT2D eigenvalue weighted by atomic mass is 10.2. The lowest BCUT2D eigenvalue weighted by Crippen LogP contribution is -2.36. The molecule has 0 amide bonds. The second-order valence-electron chi connectivity index (χ2n) is 6.91. The Bertz CT molecular complexity index is 215. The molecule has 4 nitrogen and oxygen atoms in total. The molecular weight excluding hydrogens is 260 g/mol. The van der Waals surface area contributed by atoms with Gasteiger partial charge in [0, 0.05) is 5.54 Å². The molecule has 116 valence electrons. The molecule has 0 radical (unpaired) electrons. The highest BCUT2D eigenvalue weighted by molar-refractivity contribution is 6.45. The van der Waals surface area contributed by atoms with Crippen molar-refractivity contribution in [2.24, 2.45) is 0 Å². The zero-order valence-electron chi connectivity index (χ0n) is 13.9. The molecule has 1 atom stereocenters. The van der Waals surface area contributed by atoms with Crippen molar-refractivity contribution in [1.29, 1.82) is 0 Å². The van der Waals surface area contributed by atoms with Gasteiger partial charge in [0.05, 0.1) is 11.2 Å². The summed E-state index contributed by atoms with van der Waals surface area (Å²) < 4.78 is 11.2. The van der Waals surface area contributed by atoms with Crippen LogP contribution in [0.1, 0.15) is 74.7 Å². The Morgan fingerprint density at radius 3 is 1.53 bits per heavy atom. The van der Waals surface area contributed by atoms with E-state index in [0.717, 1.165) is 19.3 Å². The third-order valence-electron chi connectivity index (χ3n) is 2.35. The molecule has 0 heterocycles. The molecule has 0 bridgehead atoms. The summed E-state index contributed by atoms with van der Waals surface area (Å²) in [4.78, 5) is 10.9. The fraction of sp³-hybridized carbons (Fsp3) is 1.00. The van der Waals surface area contributed by atoms with Crippen LogP contribution in [0, 0.1) is 0 Å². The van der Waals surface area contributed by atoms with Gasteiger partial charge in [0.1, 0.15) is 0 Å². The summed E-state index contributed by atoms with van der Waals surface area (Å²) in [7, 11) is -2.01. The van der Waals surface area contributed by atoms with Gasteiger partial charge < -0.3 is 0 Å². The lowest BCUT2D eigenvalue weighted by Gasteiger charge is -2.28. The van der Waals surface area contributed by atoms with E-state index in [9.17, 15) is 0 Å². The minimum atomic E-state index is -2.01. The van der Waals surface area contributed by atoms with Gasteiger partial charge in [0.25, 0.3) is 0 Å². The van der Waals surface area contributed by atoms with E-state index in [0.29, 0.717) is 5.54 Å². The Balaban J connectivity index is 4.52. The first-order valence-electron chi connectivity index (χ1n) is 7.28. The first-order valence-corrected chi connectivity index (χ1v) is 8.89. The fourth-order valence-corrected chi connectivity index (χ4v) is 3.56.